The predicted octanol–water partition coefficient (Wildman–Crippen LogP) is 5.80. The highest BCUT2D eigenvalue weighted by Gasteiger charge is 2.17. The molecule has 1 fully saturated rings. The number of pyridine rings is 2. The van der Waals surface area contributed by atoms with Crippen molar-refractivity contribution in [2.75, 3.05) is 23.3 Å². The first-order valence-electron chi connectivity index (χ1n) is 12.0. The SMILES string of the molecule is O=C(Nc1ccc(Oc2cccc(F)c2)nc1)c1n[nH]c2ccc(-c3cncc(N4CCCC4)c3)cc12. The van der Waals surface area contributed by atoms with Gasteiger partial charge in [0.25, 0.3) is 5.91 Å². The second-order valence-corrected chi connectivity index (χ2v) is 8.86. The number of nitrogens with one attached hydrogen (secondary N) is 2. The first-order chi connectivity index (χ1) is 18.1. The van der Waals surface area contributed by atoms with Gasteiger partial charge in [-0.2, -0.15) is 5.10 Å². The molecule has 37 heavy (non-hydrogen) atoms. The molecule has 9 heteroatoms. The topological polar surface area (TPSA) is 96.0 Å². The summed E-state index contributed by atoms with van der Waals surface area (Å²) in [5.74, 6) is -0.147. The predicted molar refractivity (Wildman–Crippen MR) is 139 cm³/mol. The van der Waals surface area contributed by atoms with E-state index in [0.29, 0.717) is 16.8 Å². The summed E-state index contributed by atoms with van der Waals surface area (Å²) in [7, 11) is 0. The Morgan fingerprint density at radius 2 is 1.86 bits per heavy atom. The van der Waals surface area contributed by atoms with E-state index in [1.807, 2.05) is 30.6 Å². The standard InChI is InChI=1S/C28H23FN6O2/c29-20-4-3-5-23(14-20)37-26-9-7-21(16-31-26)32-28(36)27-24-13-18(6-8-25(24)33-34-27)19-12-22(17-30-15-19)35-10-1-2-11-35/h3-9,12-17H,1-2,10-11H2,(H,32,36)(H,33,34). The normalized spacial score (nSPS) is 13.2. The lowest BCUT2D eigenvalue weighted by Gasteiger charge is -2.17. The van der Waals surface area contributed by atoms with E-state index in [1.54, 1.807) is 24.3 Å². The molecular weight excluding hydrogens is 471 g/mol. The second-order valence-electron chi connectivity index (χ2n) is 8.86. The zero-order valence-electron chi connectivity index (χ0n) is 19.8. The van der Waals surface area contributed by atoms with Crippen LogP contribution in [0, 0.1) is 5.82 Å². The Morgan fingerprint density at radius 3 is 2.68 bits per heavy atom. The molecule has 3 aromatic heterocycles. The van der Waals surface area contributed by atoms with Gasteiger partial charge in [0.15, 0.2) is 5.69 Å². The van der Waals surface area contributed by atoms with Crippen LogP contribution in [-0.4, -0.2) is 39.2 Å². The molecule has 0 spiro atoms. The van der Waals surface area contributed by atoms with Gasteiger partial charge in [0.2, 0.25) is 5.88 Å². The fourth-order valence-corrected chi connectivity index (χ4v) is 4.46. The van der Waals surface area contributed by atoms with Gasteiger partial charge in [0.1, 0.15) is 11.6 Å². The number of aromatic nitrogens is 4. The molecule has 5 aromatic rings. The highest BCUT2D eigenvalue weighted by atomic mass is 19.1. The van der Waals surface area contributed by atoms with Gasteiger partial charge >= 0.3 is 0 Å². The smallest absolute Gasteiger partial charge is 0.276 e. The van der Waals surface area contributed by atoms with Crippen LogP contribution in [0.1, 0.15) is 23.3 Å². The Labute approximate surface area is 212 Å². The highest BCUT2D eigenvalue weighted by Crippen LogP contribution is 2.29. The maximum absolute atomic E-state index is 13.4. The van der Waals surface area contributed by atoms with Gasteiger partial charge < -0.3 is 15.0 Å². The van der Waals surface area contributed by atoms with Gasteiger partial charge in [-0.05, 0) is 54.8 Å². The quantitative estimate of drug-likeness (QED) is 0.310. The molecule has 0 atom stereocenters. The van der Waals surface area contributed by atoms with E-state index in [0.717, 1.165) is 35.4 Å². The first-order valence-corrected chi connectivity index (χ1v) is 12.0. The average molecular weight is 495 g/mol. The summed E-state index contributed by atoms with van der Waals surface area (Å²) in [6.45, 7) is 2.09. The number of carbonyl (C=O) groups is 1. The summed E-state index contributed by atoms with van der Waals surface area (Å²) < 4.78 is 18.9. The molecular formula is C28H23FN6O2. The number of rotatable bonds is 6. The number of anilines is 2. The molecule has 1 aliphatic heterocycles. The maximum Gasteiger partial charge on any atom is 0.276 e. The van der Waals surface area contributed by atoms with Crippen molar-refractivity contribution in [2.45, 2.75) is 12.8 Å². The number of nitrogens with zero attached hydrogens (tertiary/aromatic N) is 4. The molecule has 0 aliphatic carbocycles. The highest BCUT2D eigenvalue weighted by molar-refractivity contribution is 6.11. The molecule has 6 rings (SSSR count). The molecule has 4 heterocycles. The molecule has 0 bridgehead atoms. The molecule has 2 N–H and O–H groups in total. The summed E-state index contributed by atoms with van der Waals surface area (Å²) in [5.41, 5.74) is 4.56. The van der Waals surface area contributed by atoms with E-state index < -0.39 is 5.82 Å². The molecule has 184 valence electrons. The van der Waals surface area contributed by atoms with Crippen LogP contribution in [-0.2, 0) is 0 Å². The number of ether oxygens (including phenoxy) is 1. The maximum atomic E-state index is 13.4. The van der Waals surface area contributed by atoms with E-state index >= 15 is 0 Å². The van der Waals surface area contributed by atoms with Crippen molar-refractivity contribution in [1.82, 2.24) is 20.2 Å². The van der Waals surface area contributed by atoms with Crippen LogP contribution in [0.3, 0.4) is 0 Å². The lowest BCUT2D eigenvalue weighted by molar-refractivity contribution is 0.102. The van der Waals surface area contributed by atoms with Crippen LogP contribution in [0.2, 0.25) is 0 Å². The number of fused-ring (bicyclic) bond motifs is 1. The van der Waals surface area contributed by atoms with Crippen LogP contribution in [0.4, 0.5) is 15.8 Å². The number of benzene rings is 2. The molecule has 0 unspecified atom stereocenters. The van der Waals surface area contributed by atoms with E-state index in [1.165, 1.54) is 31.2 Å². The summed E-state index contributed by atoms with van der Waals surface area (Å²) in [6, 6.07) is 17.1. The van der Waals surface area contributed by atoms with E-state index in [9.17, 15) is 9.18 Å². The molecule has 1 saturated heterocycles. The Bertz CT molecular complexity index is 1580. The van der Waals surface area contributed by atoms with Crippen LogP contribution >= 0.6 is 0 Å². The van der Waals surface area contributed by atoms with E-state index in [4.69, 9.17) is 4.74 Å². The molecule has 0 saturated carbocycles. The van der Waals surface area contributed by atoms with Gasteiger partial charge in [0, 0.05) is 42.4 Å². The number of aromatic amines is 1. The van der Waals surface area contributed by atoms with Crippen molar-refractivity contribution in [2.24, 2.45) is 0 Å². The van der Waals surface area contributed by atoms with Crippen LogP contribution in [0.15, 0.2) is 79.3 Å². The Balaban J connectivity index is 1.20. The van der Waals surface area contributed by atoms with Crippen LogP contribution < -0.4 is 15.0 Å². The second kappa shape index (κ2) is 9.69. The fourth-order valence-electron chi connectivity index (χ4n) is 4.46. The number of amides is 1. The van der Waals surface area contributed by atoms with Crippen molar-refractivity contribution in [1.29, 1.82) is 0 Å². The minimum Gasteiger partial charge on any atom is -0.439 e. The minimum absolute atomic E-state index is 0.278. The number of H-pyrrole nitrogens is 1. The van der Waals surface area contributed by atoms with Gasteiger partial charge in [0.05, 0.1) is 29.3 Å². The van der Waals surface area contributed by atoms with Crippen molar-refractivity contribution in [3.8, 4) is 22.8 Å². The third-order valence-corrected chi connectivity index (χ3v) is 6.32. The largest absolute Gasteiger partial charge is 0.439 e. The summed E-state index contributed by atoms with van der Waals surface area (Å²) in [4.78, 5) is 24.0. The monoisotopic (exact) mass is 494 g/mol. The van der Waals surface area contributed by atoms with Crippen molar-refractivity contribution < 1.29 is 13.9 Å². The Morgan fingerprint density at radius 1 is 0.973 bits per heavy atom. The third-order valence-electron chi connectivity index (χ3n) is 6.32. The minimum atomic E-state index is -0.397. The van der Waals surface area contributed by atoms with Gasteiger partial charge in [-0.3, -0.25) is 14.9 Å². The van der Waals surface area contributed by atoms with Crippen molar-refractivity contribution in [3.63, 3.8) is 0 Å². The fraction of sp³-hybridized carbons (Fsp3) is 0.143. The molecule has 1 amide bonds. The molecule has 1 aliphatic rings. The Hall–Kier alpha value is -4.79. The van der Waals surface area contributed by atoms with Gasteiger partial charge in [-0.1, -0.05) is 12.1 Å². The molecule has 0 radical (unpaired) electrons. The van der Waals surface area contributed by atoms with E-state index in [-0.39, 0.29) is 17.5 Å². The summed E-state index contributed by atoms with van der Waals surface area (Å²) in [6.07, 6.45) is 7.60. The van der Waals surface area contributed by atoms with E-state index in [2.05, 4.69) is 36.4 Å². The number of halogens is 1. The molecule has 2 aromatic carbocycles. The third kappa shape index (κ3) is 4.84. The number of carbonyl (C=O) groups excluding carboxylic acids is 1. The van der Waals surface area contributed by atoms with Gasteiger partial charge in [-0.25, -0.2) is 9.37 Å². The zero-order chi connectivity index (χ0) is 25.2. The Kier molecular flexibility index (Phi) is 5.94. The van der Waals surface area contributed by atoms with Crippen LogP contribution in [0.25, 0.3) is 22.0 Å². The van der Waals surface area contributed by atoms with Crippen LogP contribution in [0.5, 0.6) is 11.6 Å². The lowest BCUT2D eigenvalue weighted by Crippen LogP contribution is -2.17. The first kappa shape index (κ1) is 22.7. The van der Waals surface area contributed by atoms with Crippen molar-refractivity contribution in [3.05, 3.63) is 90.8 Å². The summed E-state index contributed by atoms with van der Waals surface area (Å²) in [5, 5.41) is 10.7. The number of hydrogen-bond donors (Lipinski definition) is 2. The van der Waals surface area contributed by atoms with Gasteiger partial charge in [-0.15, -0.1) is 0 Å². The number of hydrogen-bond acceptors (Lipinski definition) is 6. The zero-order valence-corrected chi connectivity index (χ0v) is 19.8. The van der Waals surface area contributed by atoms with Crippen molar-refractivity contribution >= 4 is 28.2 Å². The molecule has 8 nitrogen and oxygen atoms in total. The summed E-state index contributed by atoms with van der Waals surface area (Å²) >= 11 is 0. The average Bonchev–Trinajstić information content (AvgIpc) is 3.60. The lowest BCUT2D eigenvalue weighted by atomic mass is 10.0.